The van der Waals surface area contributed by atoms with Crippen LogP contribution in [-0.2, 0) is 16.6 Å². The first-order chi connectivity index (χ1) is 8.81. The fraction of sp³-hybridized carbons (Fsp3) is 0.692. The Balaban J connectivity index is 2.12. The summed E-state index contributed by atoms with van der Waals surface area (Å²) in [5.74, 6) is 0.512. The maximum atomic E-state index is 12.3. The van der Waals surface area contributed by atoms with Gasteiger partial charge in [0.25, 0.3) is 0 Å². The summed E-state index contributed by atoms with van der Waals surface area (Å²) in [5.41, 5.74) is 5.74. The molecular formula is C13H22N2O2S2. The van der Waals surface area contributed by atoms with Gasteiger partial charge < -0.3 is 5.73 Å². The van der Waals surface area contributed by atoms with E-state index >= 15 is 0 Å². The molecule has 6 heteroatoms. The first-order valence-corrected chi connectivity index (χ1v) is 8.90. The maximum absolute atomic E-state index is 12.3. The van der Waals surface area contributed by atoms with Crippen LogP contribution in [0.1, 0.15) is 36.4 Å². The Hall–Kier alpha value is -0.430. The molecule has 0 radical (unpaired) electrons. The van der Waals surface area contributed by atoms with Crippen LogP contribution in [0.15, 0.2) is 11.0 Å². The smallest absolute Gasteiger partial charge is 0.241 e. The third kappa shape index (κ3) is 3.02. The summed E-state index contributed by atoms with van der Waals surface area (Å²) >= 11 is 1.45. The van der Waals surface area contributed by atoms with Crippen LogP contribution >= 0.6 is 11.3 Å². The van der Waals surface area contributed by atoms with Crippen molar-refractivity contribution in [1.82, 2.24) is 4.72 Å². The van der Waals surface area contributed by atoms with Gasteiger partial charge in [-0.1, -0.05) is 13.8 Å². The van der Waals surface area contributed by atoms with Crippen molar-refractivity contribution < 1.29 is 8.42 Å². The second-order valence-electron chi connectivity index (χ2n) is 5.68. The highest BCUT2D eigenvalue weighted by Crippen LogP contribution is 2.51. The monoisotopic (exact) mass is 302 g/mol. The molecule has 3 N–H and O–H groups in total. The summed E-state index contributed by atoms with van der Waals surface area (Å²) < 4.78 is 27.4. The van der Waals surface area contributed by atoms with E-state index in [-0.39, 0.29) is 5.41 Å². The minimum Gasteiger partial charge on any atom is -0.326 e. The van der Waals surface area contributed by atoms with Gasteiger partial charge in [-0.05, 0) is 37.2 Å². The Morgan fingerprint density at radius 2 is 2.11 bits per heavy atom. The number of aryl methyl sites for hydroxylation is 1. The number of hydrogen-bond donors (Lipinski definition) is 2. The van der Waals surface area contributed by atoms with Crippen molar-refractivity contribution in [1.29, 1.82) is 0 Å². The fourth-order valence-corrected chi connectivity index (χ4v) is 4.98. The largest absolute Gasteiger partial charge is 0.326 e. The summed E-state index contributed by atoms with van der Waals surface area (Å²) in [6, 6.07) is 1.69. The molecule has 1 aliphatic carbocycles. The summed E-state index contributed by atoms with van der Waals surface area (Å²) in [6.45, 7) is 7.07. The Labute approximate surface area is 119 Å². The zero-order chi connectivity index (χ0) is 14.3. The summed E-state index contributed by atoms with van der Waals surface area (Å²) in [7, 11) is -3.40. The second kappa shape index (κ2) is 5.16. The molecule has 1 aromatic heterocycles. The lowest BCUT2D eigenvalue weighted by Crippen LogP contribution is -2.32. The molecule has 1 fully saturated rings. The summed E-state index contributed by atoms with van der Waals surface area (Å²) in [6.07, 6.45) is 2.23. The molecule has 108 valence electrons. The molecule has 0 spiro atoms. The molecule has 0 saturated heterocycles. The Kier molecular flexibility index (Phi) is 4.07. The number of sulfonamides is 1. The van der Waals surface area contributed by atoms with Gasteiger partial charge >= 0.3 is 0 Å². The normalized spacial score (nSPS) is 17.9. The van der Waals surface area contributed by atoms with E-state index in [1.807, 2.05) is 6.92 Å². The van der Waals surface area contributed by atoms with Gasteiger partial charge in [-0.25, -0.2) is 13.1 Å². The van der Waals surface area contributed by atoms with Crippen LogP contribution in [0.2, 0.25) is 0 Å². The predicted molar refractivity (Wildman–Crippen MR) is 78.6 cm³/mol. The topological polar surface area (TPSA) is 72.2 Å². The lowest BCUT2D eigenvalue weighted by atomic mass is 9.93. The second-order valence-corrected chi connectivity index (χ2v) is 8.76. The van der Waals surface area contributed by atoms with Crippen LogP contribution < -0.4 is 10.5 Å². The highest BCUT2D eigenvalue weighted by molar-refractivity contribution is 7.89. The van der Waals surface area contributed by atoms with Crippen molar-refractivity contribution in [3.8, 4) is 0 Å². The van der Waals surface area contributed by atoms with Crippen LogP contribution in [0.3, 0.4) is 0 Å². The molecule has 1 aromatic rings. The highest BCUT2D eigenvalue weighted by atomic mass is 32.2. The Morgan fingerprint density at radius 1 is 1.47 bits per heavy atom. The molecule has 4 nitrogen and oxygen atoms in total. The van der Waals surface area contributed by atoms with Crippen molar-refractivity contribution in [2.24, 2.45) is 17.1 Å². The van der Waals surface area contributed by atoms with E-state index < -0.39 is 10.0 Å². The van der Waals surface area contributed by atoms with E-state index in [1.165, 1.54) is 11.3 Å². The lowest BCUT2D eigenvalue weighted by Gasteiger charge is -2.19. The van der Waals surface area contributed by atoms with E-state index in [0.29, 0.717) is 23.9 Å². The quantitative estimate of drug-likeness (QED) is 0.846. The standard InChI is InChI=1S/C13H22N2O2S2/c1-9(2)13(4-5-13)8-15-19(16,17)12-6-11(7-14)18-10(12)3/h6,9,15H,4-5,7-8,14H2,1-3H3. The predicted octanol–water partition coefficient (Wildman–Crippen LogP) is 2.23. The van der Waals surface area contributed by atoms with Crippen molar-refractivity contribution in [3.63, 3.8) is 0 Å². The number of nitrogens with two attached hydrogens (primary N) is 1. The summed E-state index contributed by atoms with van der Waals surface area (Å²) in [4.78, 5) is 2.10. The molecule has 0 aliphatic heterocycles. The first-order valence-electron chi connectivity index (χ1n) is 6.60. The van der Waals surface area contributed by atoms with Crippen LogP contribution in [0.5, 0.6) is 0 Å². The average Bonchev–Trinajstić information content (AvgIpc) is 3.04. The van der Waals surface area contributed by atoms with Crippen molar-refractivity contribution in [2.45, 2.75) is 45.1 Å². The van der Waals surface area contributed by atoms with E-state index in [1.54, 1.807) is 6.07 Å². The van der Waals surface area contributed by atoms with Gasteiger partial charge in [-0.15, -0.1) is 11.3 Å². The molecular weight excluding hydrogens is 280 g/mol. The van der Waals surface area contributed by atoms with Crippen LogP contribution in [-0.4, -0.2) is 15.0 Å². The molecule has 1 saturated carbocycles. The minimum atomic E-state index is -3.40. The van der Waals surface area contributed by atoms with E-state index in [9.17, 15) is 8.42 Å². The first kappa shape index (κ1) is 15.0. The number of hydrogen-bond acceptors (Lipinski definition) is 4. The van der Waals surface area contributed by atoms with Gasteiger partial charge in [-0.3, -0.25) is 0 Å². The summed E-state index contributed by atoms with van der Waals surface area (Å²) in [5, 5.41) is 0. The third-order valence-electron chi connectivity index (χ3n) is 4.15. The zero-order valence-corrected chi connectivity index (χ0v) is 13.3. The van der Waals surface area contributed by atoms with Gasteiger partial charge in [0.05, 0.1) is 4.90 Å². The third-order valence-corrected chi connectivity index (χ3v) is 6.87. The van der Waals surface area contributed by atoms with E-state index in [4.69, 9.17) is 5.73 Å². The minimum absolute atomic E-state index is 0.174. The molecule has 0 unspecified atom stereocenters. The van der Waals surface area contributed by atoms with Gasteiger partial charge in [0.15, 0.2) is 0 Å². The molecule has 1 aliphatic rings. The van der Waals surface area contributed by atoms with Crippen molar-refractivity contribution in [3.05, 3.63) is 15.8 Å². The van der Waals surface area contributed by atoms with Crippen LogP contribution in [0.4, 0.5) is 0 Å². The van der Waals surface area contributed by atoms with Crippen LogP contribution in [0.25, 0.3) is 0 Å². The fourth-order valence-electron chi connectivity index (χ4n) is 2.33. The van der Waals surface area contributed by atoms with E-state index in [2.05, 4.69) is 18.6 Å². The maximum Gasteiger partial charge on any atom is 0.241 e. The highest BCUT2D eigenvalue weighted by Gasteiger charge is 2.45. The van der Waals surface area contributed by atoms with Gasteiger partial charge in [0, 0.05) is 22.8 Å². The van der Waals surface area contributed by atoms with Gasteiger partial charge in [-0.2, -0.15) is 0 Å². The molecule has 1 heterocycles. The Bertz CT molecular complexity index is 557. The van der Waals surface area contributed by atoms with Gasteiger partial charge in [0.1, 0.15) is 0 Å². The SMILES string of the molecule is Cc1sc(CN)cc1S(=O)(=O)NCC1(C(C)C)CC1. The Morgan fingerprint density at radius 3 is 2.53 bits per heavy atom. The van der Waals surface area contributed by atoms with Crippen LogP contribution in [0, 0.1) is 18.3 Å². The number of rotatable bonds is 6. The number of thiophene rings is 1. The van der Waals surface area contributed by atoms with Crippen molar-refractivity contribution in [2.75, 3.05) is 6.54 Å². The van der Waals surface area contributed by atoms with Gasteiger partial charge in [0.2, 0.25) is 10.0 Å². The molecule has 0 aromatic carbocycles. The lowest BCUT2D eigenvalue weighted by molar-refractivity contribution is 0.357. The molecule has 19 heavy (non-hydrogen) atoms. The molecule has 0 atom stereocenters. The molecule has 0 amide bonds. The number of nitrogens with one attached hydrogen (secondary N) is 1. The van der Waals surface area contributed by atoms with E-state index in [0.717, 1.165) is 22.6 Å². The van der Waals surface area contributed by atoms with Crippen molar-refractivity contribution >= 4 is 21.4 Å². The molecule has 2 rings (SSSR count). The molecule has 0 bridgehead atoms. The average molecular weight is 302 g/mol. The zero-order valence-electron chi connectivity index (χ0n) is 11.7.